The van der Waals surface area contributed by atoms with Crippen molar-refractivity contribution in [1.29, 1.82) is 0 Å². The van der Waals surface area contributed by atoms with E-state index in [0.717, 1.165) is 19.3 Å². The molecule has 0 aromatic carbocycles. The summed E-state index contributed by atoms with van der Waals surface area (Å²) in [6.45, 7) is 11.2. The van der Waals surface area contributed by atoms with E-state index >= 15 is 0 Å². The van der Waals surface area contributed by atoms with Crippen molar-refractivity contribution in [2.75, 3.05) is 18.4 Å². The zero-order valence-electron chi connectivity index (χ0n) is 17.4. The molecule has 3 N–H and O–H groups in total. The number of sulfonamides is 1. The zero-order chi connectivity index (χ0) is 21.2. The van der Waals surface area contributed by atoms with Crippen molar-refractivity contribution < 1.29 is 17.9 Å². The van der Waals surface area contributed by atoms with E-state index < -0.39 is 15.6 Å². The summed E-state index contributed by atoms with van der Waals surface area (Å²) in [4.78, 5) is 18.4. The Morgan fingerprint density at radius 2 is 2.07 bits per heavy atom. The second kappa shape index (κ2) is 8.24. The Labute approximate surface area is 167 Å². The van der Waals surface area contributed by atoms with Crippen molar-refractivity contribution in [3.63, 3.8) is 0 Å². The van der Waals surface area contributed by atoms with Crippen LogP contribution in [0.1, 0.15) is 53.9 Å². The Balaban J connectivity index is 1.80. The molecule has 9 heteroatoms. The summed E-state index contributed by atoms with van der Waals surface area (Å²) in [5.41, 5.74) is -0.716. The smallest absolute Gasteiger partial charge is 0.410 e. The number of hydrogen-bond acceptors (Lipinski definition) is 6. The van der Waals surface area contributed by atoms with Gasteiger partial charge in [-0.05, 0) is 71.9 Å². The first-order chi connectivity index (χ1) is 12.8. The second-order valence-electron chi connectivity index (χ2n) is 8.97. The lowest BCUT2D eigenvalue weighted by molar-refractivity contribution is 0.0131. The minimum absolute atomic E-state index is 0.00605. The Kier molecular flexibility index (Phi) is 6.60. The van der Waals surface area contributed by atoms with E-state index in [0.29, 0.717) is 24.8 Å². The first-order valence-electron chi connectivity index (χ1n) is 9.51. The molecule has 2 heterocycles. The van der Waals surface area contributed by atoms with Crippen molar-refractivity contribution in [2.45, 2.75) is 69.9 Å². The van der Waals surface area contributed by atoms with E-state index in [1.54, 1.807) is 6.07 Å². The molecular formula is C19H32N4O4S. The molecule has 1 aliphatic heterocycles. The zero-order valence-corrected chi connectivity index (χ0v) is 18.2. The average Bonchev–Trinajstić information content (AvgIpc) is 2.84. The van der Waals surface area contributed by atoms with E-state index in [1.165, 1.54) is 12.3 Å². The molecule has 28 heavy (non-hydrogen) atoms. The molecule has 1 fully saturated rings. The summed E-state index contributed by atoms with van der Waals surface area (Å²) in [6, 6.07) is 3.03. The lowest BCUT2D eigenvalue weighted by Crippen LogP contribution is -2.45. The monoisotopic (exact) mass is 412 g/mol. The van der Waals surface area contributed by atoms with Crippen LogP contribution in [0.3, 0.4) is 0 Å². The van der Waals surface area contributed by atoms with E-state index in [4.69, 9.17) is 9.88 Å². The molecule has 1 saturated heterocycles. The molecule has 1 amide bonds. The van der Waals surface area contributed by atoms with Gasteiger partial charge >= 0.3 is 6.09 Å². The summed E-state index contributed by atoms with van der Waals surface area (Å²) in [5, 5.41) is 8.24. The van der Waals surface area contributed by atoms with E-state index in [2.05, 4.69) is 24.1 Å². The molecule has 0 aliphatic carbocycles. The Morgan fingerprint density at radius 3 is 2.61 bits per heavy atom. The molecular weight excluding hydrogens is 380 g/mol. The SMILES string of the molecule is CC(C)(C)OC(=O)N1CC(CCCNc2ccc(S(N)(=O)=O)cn2)CC1(C)C. The number of rotatable bonds is 6. The molecule has 1 atom stereocenters. The van der Waals surface area contributed by atoms with Gasteiger partial charge in [-0.2, -0.15) is 0 Å². The van der Waals surface area contributed by atoms with Gasteiger partial charge in [-0.3, -0.25) is 0 Å². The number of amides is 1. The predicted octanol–water partition coefficient (Wildman–Crippen LogP) is 2.96. The number of anilines is 1. The van der Waals surface area contributed by atoms with E-state index in [-0.39, 0.29) is 16.5 Å². The number of pyridine rings is 1. The van der Waals surface area contributed by atoms with Crippen LogP contribution in [0.4, 0.5) is 10.6 Å². The van der Waals surface area contributed by atoms with Crippen LogP contribution >= 0.6 is 0 Å². The van der Waals surface area contributed by atoms with Crippen LogP contribution < -0.4 is 10.5 Å². The lowest BCUT2D eigenvalue weighted by atomic mass is 9.93. The third-order valence-electron chi connectivity index (χ3n) is 4.73. The first kappa shape index (κ1) is 22.4. The second-order valence-corrected chi connectivity index (χ2v) is 10.5. The van der Waals surface area contributed by atoms with Crippen LogP contribution in [0.2, 0.25) is 0 Å². The Hall–Kier alpha value is -1.87. The number of ether oxygens (including phenoxy) is 1. The normalized spacial score (nSPS) is 19.5. The van der Waals surface area contributed by atoms with Crippen molar-refractivity contribution in [3.8, 4) is 0 Å². The topological polar surface area (TPSA) is 115 Å². The molecule has 0 bridgehead atoms. The fourth-order valence-electron chi connectivity index (χ4n) is 3.48. The quantitative estimate of drug-likeness (QED) is 0.694. The van der Waals surface area contributed by atoms with Crippen LogP contribution in [0, 0.1) is 5.92 Å². The van der Waals surface area contributed by atoms with Gasteiger partial charge in [0.2, 0.25) is 10.0 Å². The minimum atomic E-state index is -3.72. The minimum Gasteiger partial charge on any atom is -0.444 e. The Bertz CT molecular complexity index is 785. The van der Waals surface area contributed by atoms with E-state index in [9.17, 15) is 13.2 Å². The molecule has 1 aromatic rings. The highest BCUT2D eigenvalue weighted by atomic mass is 32.2. The standard InChI is InChI=1S/C19H32N4O4S/c1-18(2,3)27-17(24)23-13-14(11-19(23,4)5)7-6-10-21-16-9-8-15(12-22-16)28(20,25)26/h8-9,12,14H,6-7,10-11,13H2,1-5H3,(H,21,22)(H2,20,25,26). The lowest BCUT2D eigenvalue weighted by Gasteiger charge is -2.33. The number of primary sulfonamides is 1. The maximum Gasteiger partial charge on any atom is 0.410 e. The molecule has 0 radical (unpaired) electrons. The van der Waals surface area contributed by atoms with Crippen molar-refractivity contribution in [2.24, 2.45) is 11.1 Å². The fraction of sp³-hybridized carbons (Fsp3) is 0.684. The van der Waals surface area contributed by atoms with Gasteiger partial charge in [-0.15, -0.1) is 0 Å². The largest absolute Gasteiger partial charge is 0.444 e. The molecule has 2 rings (SSSR count). The summed E-state index contributed by atoms with van der Waals surface area (Å²) in [6.07, 6.45) is 3.83. The molecule has 0 saturated carbocycles. The number of aromatic nitrogens is 1. The van der Waals surface area contributed by atoms with Crippen LogP contribution in [0.5, 0.6) is 0 Å². The molecule has 158 valence electrons. The van der Waals surface area contributed by atoms with Gasteiger partial charge in [0.15, 0.2) is 0 Å². The van der Waals surface area contributed by atoms with Gasteiger partial charge in [-0.25, -0.2) is 23.3 Å². The number of nitrogens with one attached hydrogen (secondary N) is 1. The van der Waals surface area contributed by atoms with Gasteiger partial charge in [0, 0.05) is 24.8 Å². The number of nitrogens with two attached hydrogens (primary N) is 1. The molecule has 1 unspecified atom stereocenters. The van der Waals surface area contributed by atoms with Gasteiger partial charge < -0.3 is 15.0 Å². The van der Waals surface area contributed by atoms with Crippen LogP contribution in [0.25, 0.3) is 0 Å². The number of hydrogen-bond donors (Lipinski definition) is 2. The number of nitrogens with zero attached hydrogens (tertiary/aromatic N) is 2. The maximum absolute atomic E-state index is 12.5. The molecule has 1 aromatic heterocycles. The summed E-state index contributed by atoms with van der Waals surface area (Å²) >= 11 is 0. The third kappa shape index (κ3) is 6.34. The van der Waals surface area contributed by atoms with E-state index in [1.807, 2.05) is 25.7 Å². The first-order valence-corrected chi connectivity index (χ1v) is 11.1. The van der Waals surface area contributed by atoms with Gasteiger partial charge in [0.05, 0.1) is 0 Å². The highest BCUT2D eigenvalue weighted by Crippen LogP contribution is 2.36. The summed E-state index contributed by atoms with van der Waals surface area (Å²) in [5.74, 6) is 1.02. The fourth-order valence-corrected chi connectivity index (χ4v) is 3.94. The highest BCUT2D eigenvalue weighted by Gasteiger charge is 2.42. The van der Waals surface area contributed by atoms with Crippen LogP contribution in [-0.2, 0) is 14.8 Å². The summed E-state index contributed by atoms with van der Waals surface area (Å²) < 4.78 is 28.0. The van der Waals surface area contributed by atoms with Crippen molar-refractivity contribution in [3.05, 3.63) is 18.3 Å². The van der Waals surface area contributed by atoms with Gasteiger partial charge in [0.25, 0.3) is 0 Å². The predicted molar refractivity (Wildman–Crippen MR) is 108 cm³/mol. The number of carbonyl (C=O) groups excluding carboxylic acids is 1. The van der Waals surface area contributed by atoms with Crippen LogP contribution in [-0.4, -0.2) is 48.6 Å². The summed E-state index contributed by atoms with van der Waals surface area (Å²) in [7, 11) is -3.72. The number of likely N-dealkylation sites (tertiary alicyclic amines) is 1. The third-order valence-corrected chi connectivity index (χ3v) is 5.63. The van der Waals surface area contributed by atoms with Gasteiger partial charge in [-0.1, -0.05) is 0 Å². The number of carbonyl (C=O) groups is 1. The molecule has 0 spiro atoms. The van der Waals surface area contributed by atoms with Crippen LogP contribution in [0.15, 0.2) is 23.2 Å². The highest BCUT2D eigenvalue weighted by molar-refractivity contribution is 7.89. The molecule has 8 nitrogen and oxygen atoms in total. The van der Waals surface area contributed by atoms with Crippen molar-refractivity contribution in [1.82, 2.24) is 9.88 Å². The Morgan fingerprint density at radius 1 is 1.39 bits per heavy atom. The van der Waals surface area contributed by atoms with Gasteiger partial charge in [0.1, 0.15) is 16.3 Å². The van der Waals surface area contributed by atoms with Crippen molar-refractivity contribution >= 4 is 21.9 Å². The average molecular weight is 413 g/mol. The maximum atomic E-state index is 12.5. The molecule has 1 aliphatic rings.